The largest absolute Gasteiger partial charge is 0.425 e. The summed E-state index contributed by atoms with van der Waals surface area (Å²) in [4.78, 5) is -0.691. The molecule has 2 rings (SSSR count). The Hall–Kier alpha value is -1.41. The molecule has 0 spiro atoms. The predicted molar refractivity (Wildman–Crippen MR) is 50.2 cm³/mol. The van der Waals surface area contributed by atoms with Gasteiger partial charge in [0.2, 0.25) is 0 Å². The number of hydrogen-bond donors (Lipinski definition) is 1. The Balaban J connectivity index is 2.31. The molecule has 0 aliphatic carbocycles. The average molecular weight is 249 g/mol. The van der Waals surface area contributed by atoms with Crippen LogP contribution in [-0.2, 0) is 12.8 Å². The maximum atomic E-state index is 12.3. The number of aliphatic hydroxyl groups is 1. The van der Waals surface area contributed by atoms with E-state index in [2.05, 4.69) is 10.3 Å². The molecule has 1 N–H and O–H groups in total. The number of thiophene rings is 1. The number of rotatable bonds is 2. The van der Waals surface area contributed by atoms with Crippen LogP contribution in [0.2, 0.25) is 0 Å². The van der Waals surface area contributed by atoms with E-state index in [9.17, 15) is 13.2 Å². The lowest BCUT2D eigenvalue weighted by Crippen LogP contribution is -2.00. The van der Waals surface area contributed by atoms with Gasteiger partial charge in [-0.3, -0.25) is 0 Å². The van der Waals surface area contributed by atoms with Gasteiger partial charge in [0.1, 0.15) is 15.6 Å². The third-order valence-electron chi connectivity index (χ3n) is 1.80. The summed E-state index contributed by atoms with van der Waals surface area (Å²) in [5.41, 5.74) is 0.307. The van der Waals surface area contributed by atoms with E-state index >= 15 is 0 Å². The lowest BCUT2D eigenvalue weighted by atomic mass is 10.4. The summed E-state index contributed by atoms with van der Waals surface area (Å²) in [5, 5.41) is 16.2. The Morgan fingerprint density at radius 1 is 1.38 bits per heavy atom. The maximum absolute atomic E-state index is 12.3. The molecule has 0 unspecified atom stereocenters. The van der Waals surface area contributed by atoms with Gasteiger partial charge in [-0.15, -0.1) is 16.4 Å². The molecule has 2 aromatic rings. The molecule has 0 aliphatic rings. The SMILES string of the molecule is OCc1cn(-c2ccc(C(F)(F)F)s2)nn1. The molecule has 0 fully saturated rings. The molecular formula is C8H6F3N3OS. The second kappa shape index (κ2) is 3.87. The van der Waals surface area contributed by atoms with Gasteiger partial charge in [0.05, 0.1) is 12.8 Å². The van der Waals surface area contributed by atoms with Crippen LogP contribution < -0.4 is 0 Å². The minimum Gasteiger partial charge on any atom is -0.390 e. The van der Waals surface area contributed by atoms with Crippen LogP contribution in [0.5, 0.6) is 0 Å². The van der Waals surface area contributed by atoms with Gasteiger partial charge in [-0.2, -0.15) is 13.2 Å². The molecule has 0 amide bonds. The van der Waals surface area contributed by atoms with Gasteiger partial charge >= 0.3 is 6.18 Å². The Labute approximate surface area is 91.9 Å². The van der Waals surface area contributed by atoms with Crippen molar-refractivity contribution in [1.29, 1.82) is 0 Å². The molecule has 2 heterocycles. The molecule has 0 radical (unpaired) electrons. The van der Waals surface area contributed by atoms with Crippen LogP contribution in [0.25, 0.3) is 5.00 Å². The highest BCUT2D eigenvalue weighted by molar-refractivity contribution is 7.14. The molecular weight excluding hydrogens is 243 g/mol. The van der Waals surface area contributed by atoms with Crippen LogP contribution >= 0.6 is 11.3 Å². The van der Waals surface area contributed by atoms with Gasteiger partial charge in [-0.1, -0.05) is 5.21 Å². The molecule has 0 saturated heterocycles. The van der Waals surface area contributed by atoms with E-state index in [0.29, 0.717) is 22.0 Å². The lowest BCUT2D eigenvalue weighted by molar-refractivity contribution is -0.134. The number of hydrogen-bond acceptors (Lipinski definition) is 4. The first kappa shape index (κ1) is 11.1. The van der Waals surface area contributed by atoms with E-state index in [1.54, 1.807) is 0 Å². The summed E-state index contributed by atoms with van der Waals surface area (Å²) in [6, 6.07) is 2.30. The highest BCUT2D eigenvalue weighted by Crippen LogP contribution is 2.35. The standard InChI is InChI=1S/C8H6F3N3OS/c9-8(10,11)6-1-2-7(16-6)14-3-5(4-15)12-13-14/h1-3,15H,4H2. The fourth-order valence-corrected chi connectivity index (χ4v) is 1.88. The van der Waals surface area contributed by atoms with Crippen molar-refractivity contribution >= 4 is 11.3 Å². The molecule has 0 atom stereocenters. The van der Waals surface area contributed by atoms with Crippen molar-refractivity contribution in [3.05, 3.63) is 28.9 Å². The van der Waals surface area contributed by atoms with Crippen molar-refractivity contribution in [2.45, 2.75) is 12.8 Å². The summed E-state index contributed by atoms with van der Waals surface area (Å²) in [6.07, 6.45) is -2.96. The fourth-order valence-electron chi connectivity index (χ4n) is 1.08. The molecule has 8 heteroatoms. The number of alkyl halides is 3. The first-order valence-electron chi connectivity index (χ1n) is 4.20. The van der Waals surface area contributed by atoms with E-state index in [1.165, 1.54) is 16.9 Å². The number of halogens is 3. The third kappa shape index (κ3) is 2.07. The molecule has 0 aromatic carbocycles. The van der Waals surface area contributed by atoms with Gasteiger partial charge in [0.15, 0.2) is 0 Å². The van der Waals surface area contributed by atoms with Crippen LogP contribution in [-0.4, -0.2) is 20.1 Å². The second-order valence-corrected chi connectivity index (χ2v) is 4.01. The van der Waals surface area contributed by atoms with Crippen molar-refractivity contribution in [2.75, 3.05) is 0 Å². The summed E-state index contributed by atoms with van der Waals surface area (Å²) < 4.78 is 38.1. The van der Waals surface area contributed by atoms with Crippen LogP contribution in [0, 0.1) is 0 Å². The summed E-state index contributed by atoms with van der Waals surface area (Å²) in [6.45, 7) is -0.294. The highest BCUT2D eigenvalue weighted by Gasteiger charge is 2.32. The minimum absolute atomic E-state index is 0.294. The third-order valence-corrected chi connectivity index (χ3v) is 2.92. The van der Waals surface area contributed by atoms with Crippen LogP contribution in [0.15, 0.2) is 18.3 Å². The van der Waals surface area contributed by atoms with Crippen molar-refractivity contribution in [1.82, 2.24) is 15.0 Å². The number of aromatic nitrogens is 3. The monoisotopic (exact) mass is 249 g/mol. The Morgan fingerprint density at radius 2 is 2.12 bits per heavy atom. The molecule has 2 aromatic heterocycles. The van der Waals surface area contributed by atoms with Crippen LogP contribution in [0.4, 0.5) is 13.2 Å². The summed E-state index contributed by atoms with van der Waals surface area (Å²) in [7, 11) is 0. The van der Waals surface area contributed by atoms with E-state index < -0.39 is 11.1 Å². The molecule has 4 nitrogen and oxygen atoms in total. The average Bonchev–Trinajstić information content (AvgIpc) is 2.85. The summed E-state index contributed by atoms with van der Waals surface area (Å²) >= 11 is 0.571. The topological polar surface area (TPSA) is 50.9 Å². The molecule has 86 valence electrons. The van der Waals surface area contributed by atoms with E-state index in [-0.39, 0.29) is 6.61 Å². The van der Waals surface area contributed by atoms with Crippen molar-refractivity contribution in [3.8, 4) is 5.00 Å². The highest BCUT2D eigenvalue weighted by atomic mass is 32.1. The van der Waals surface area contributed by atoms with Crippen molar-refractivity contribution in [3.63, 3.8) is 0 Å². The lowest BCUT2D eigenvalue weighted by Gasteiger charge is -2.00. The van der Waals surface area contributed by atoms with Crippen molar-refractivity contribution in [2.24, 2.45) is 0 Å². The van der Waals surface area contributed by atoms with E-state index in [4.69, 9.17) is 5.11 Å². The quantitative estimate of drug-likeness (QED) is 0.883. The minimum atomic E-state index is -4.34. The van der Waals surface area contributed by atoms with Gasteiger partial charge in [-0.25, -0.2) is 4.68 Å². The number of aliphatic hydroxyl groups excluding tert-OH is 1. The first-order chi connectivity index (χ1) is 7.50. The molecule has 0 aliphatic heterocycles. The normalized spacial score (nSPS) is 12.0. The Morgan fingerprint density at radius 3 is 2.62 bits per heavy atom. The van der Waals surface area contributed by atoms with Crippen LogP contribution in [0.1, 0.15) is 10.6 Å². The Bertz CT molecular complexity index is 491. The maximum Gasteiger partial charge on any atom is 0.425 e. The van der Waals surface area contributed by atoms with Gasteiger partial charge in [0.25, 0.3) is 0 Å². The smallest absolute Gasteiger partial charge is 0.390 e. The predicted octanol–water partition coefficient (Wildman–Crippen LogP) is 1.84. The van der Waals surface area contributed by atoms with E-state index in [1.807, 2.05) is 0 Å². The number of nitrogens with zero attached hydrogens (tertiary/aromatic N) is 3. The fraction of sp³-hybridized carbons (Fsp3) is 0.250. The zero-order valence-electron chi connectivity index (χ0n) is 7.77. The van der Waals surface area contributed by atoms with Gasteiger partial charge in [-0.05, 0) is 12.1 Å². The molecule has 0 saturated carbocycles. The molecule has 0 bridgehead atoms. The first-order valence-corrected chi connectivity index (χ1v) is 5.02. The second-order valence-electron chi connectivity index (χ2n) is 2.95. The van der Waals surface area contributed by atoms with Crippen molar-refractivity contribution < 1.29 is 18.3 Å². The molecule has 16 heavy (non-hydrogen) atoms. The Kier molecular flexibility index (Phi) is 2.68. The van der Waals surface area contributed by atoms with Gasteiger partial charge < -0.3 is 5.11 Å². The van der Waals surface area contributed by atoms with E-state index in [0.717, 1.165) is 6.07 Å². The zero-order valence-corrected chi connectivity index (χ0v) is 8.59. The zero-order chi connectivity index (χ0) is 11.8. The van der Waals surface area contributed by atoms with Gasteiger partial charge in [0, 0.05) is 0 Å². The van der Waals surface area contributed by atoms with Crippen LogP contribution in [0.3, 0.4) is 0 Å². The summed E-state index contributed by atoms with van der Waals surface area (Å²) in [5.74, 6) is 0.